The van der Waals surface area contributed by atoms with Gasteiger partial charge in [-0.15, -0.1) is 0 Å². The molecule has 2 aromatic carbocycles. The molecule has 8 heteroatoms. The average molecular weight is 383 g/mol. The molecule has 2 aromatic rings. The van der Waals surface area contributed by atoms with E-state index in [-0.39, 0.29) is 18.8 Å². The number of carbonyl (C=O) groups excluding carboxylic acids is 1. The second-order valence-corrected chi connectivity index (χ2v) is 6.09. The highest BCUT2D eigenvalue weighted by Gasteiger charge is 2.25. The molecule has 1 unspecified atom stereocenters. The van der Waals surface area contributed by atoms with E-state index in [1.54, 1.807) is 30.3 Å². The van der Waals surface area contributed by atoms with Gasteiger partial charge >= 0.3 is 5.97 Å². The summed E-state index contributed by atoms with van der Waals surface area (Å²) in [5, 5.41) is 15.2. The third-order valence-electron chi connectivity index (χ3n) is 3.69. The second-order valence-electron chi connectivity index (χ2n) is 5.24. The molecular weight excluding hydrogens is 367 g/mol. The molecule has 132 valence electrons. The molecule has 2 rings (SSSR count). The lowest BCUT2D eigenvalue weighted by Gasteiger charge is -2.20. The van der Waals surface area contributed by atoms with Crippen LogP contribution in [0.4, 0.5) is 5.69 Å². The SMILES string of the molecule is COC(=O)CNCC(c1ccccc1Cl)c1cc(Cl)ccc1[N+](=O)[O-]. The summed E-state index contributed by atoms with van der Waals surface area (Å²) in [5.41, 5.74) is 1.06. The Morgan fingerprint density at radius 1 is 1.24 bits per heavy atom. The number of hydrogen-bond acceptors (Lipinski definition) is 5. The largest absolute Gasteiger partial charge is 0.468 e. The van der Waals surface area contributed by atoms with Gasteiger partial charge < -0.3 is 10.1 Å². The summed E-state index contributed by atoms with van der Waals surface area (Å²) in [5.74, 6) is -0.893. The smallest absolute Gasteiger partial charge is 0.319 e. The van der Waals surface area contributed by atoms with Gasteiger partial charge in [-0.05, 0) is 23.8 Å². The van der Waals surface area contributed by atoms with Gasteiger partial charge in [-0.25, -0.2) is 0 Å². The average Bonchev–Trinajstić information content (AvgIpc) is 2.59. The van der Waals surface area contributed by atoms with Crippen molar-refractivity contribution in [2.24, 2.45) is 0 Å². The highest BCUT2D eigenvalue weighted by atomic mass is 35.5. The van der Waals surface area contributed by atoms with Crippen LogP contribution in [0, 0.1) is 10.1 Å². The fourth-order valence-electron chi connectivity index (χ4n) is 2.51. The summed E-state index contributed by atoms with van der Waals surface area (Å²) in [6.07, 6.45) is 0. The zero-order chi connectivity index (χ0) is 18.4. The molecular formula is C17H16Cl2N2O4. The number of benzene rings is 2. The zero-order valence-electron chi connectivity index (χ0n) is 13.4. The monoisotopic (exact) mass is 382 g/mol. The zero-order valence-corrected chi connectivity index (χ0v) is 14.9. The summed E-state index contributed by atoms with van der Waals surface area (Å²) in [4.78, 5) is 22.3. The number of nitrogens with one attached hydrogen (secondary N) is 1. The van der Waals surface area contributed by atoms with Crippen LogP contribution >= 0.6 is 23.2 Å². The van der Waals surface area contributed by atoms with Crippen LogP contribution in [0.3, 0.4) is 0 Å². The molecule has 0 bridgehead atoms. The van der Waals surface area contributed by atoms with Crippen molar-refractivity contribution in [2.75, 3.05) is 20.2 Å². The Kier molecular flexibility index (Phi) is 6.75. The molecule has 0 aromatic heterocycles. The van der Waals surface area contributed by atoms with E-state index in [9.17, 15) is 14.9 Å². The van der Waals surface area contributed by atoms with Crippen molar-refractivity contribution >= 4 is 34.9 Å². The van der Waals surface area contributed by atoms with Crippen molar-refractivity contribution < 1.29 is 14.5 Å². The lowest BCUT2D eigenvalue weighted by atomic mass is 9.90. The number of carbonyl (C=O) groups is 1. The summed E-state index contributed by atoms with van der Waals surface area (Å²) < 4.78 is 4.59. The number of ether oxygens (including phenoxy) is 1. The maximum absolute atomic E-state index is 11.4. The van der Waals surface area contributed by atoms with E-state index in [1.807, 2.05) is 0 Å². The van der Waals surface area contributed by atoms with E-state index in [4.69, 9.17) is 23.2 Å². The Labute approximate surface area is 154 Å². The third-order valence-corrected chi connectivity index (χ3v) is 4.27. The third kappa shape index (κ3) is 4.92. The predicted octanol–water partition coefficient (Wildman–Crippen LogP) is 3.80. The molecule has 6 nitrogen and oxygen atoms in total. The van der Waals surface area contributed by atoms with Gasteiger partial charge in [0, 0.05) is 34.1 Å². The van der Waals surface area contributed by atoms with Crippen LogP contribution in [0.5, 0.6) is 0 Å². The van der Waals surface area contributed by atoms with Crippen molar-refractivity contribution in [1.29, 1.82) is 0 Å². The molecule has 0 spiro atoms. The van der Waals surface area contributed by atoms with Crippen LogP contribution in [0.15, 0.2) is 42.5 Å². The van der Waals surface area contributed by atoms with Crippen molar-refractivity contribution in [3.8, 4) is 0 Å². The number of nitro benzene ring substituents is 1. The lowest BCUT2D eigenvalue weighted by molar-refractivity contribution is -0.385. The first-order valence-corrected chi connectivity index (χ1v) is 8.15. The second kappa shape index (κ2) is 8.80. The predicted molar refractivity (Wildman–Crippen MR) is 96.3 cm³/mol. The number of nitro groups is 1. The first-order chi connectivity index (χ1) is 11.9. The van der Waals surface area contributed by atoms with E-state index < -0.39 is 16.8 Å². The molecule has 0 saturated carbocycles. The number of esters is 1. The Morgan fingerprint density at radius 3 is 2.60 bits per heavy atom. The van der Waals surface area contributed by atoms with Crippen LogP contribution in [0.1, 0.15) is 17.0 Å². The van der Waals surface area contributed by atoms with Crippen molar-refractivity contribution in [2.45, 2.75) is 5.92 Å². The highest BCUT2D eigenvalue weighted by Crippen LogP contribution is 2.36. The summed E-state index contributed by atoms with van der Waals surface area (Å²) in [7, 11) is 1.29. The Morgan fingerprint density at radius 2 is 1.96 bits per heavy atom. The van der Waals surface area contributed by atoms with Crippen LogP contribution < -0.4 is 5.32 Å². The molecule has 0 heterocycles. The van der Waals surface area contributed by atoms with E-state index >= 15 is 0 Å². The quantitative estimate of drug-likeness (QED) is 0.447. The Bertz CT molecular complexity index is 783. The number of methoxy groups -OCH3 is 1. The normalized spacial score (nSPS) is 11.8. The lowest BCUT2D eigenvalue weighted by Crippen LogP contribution is -2.29. The molecule has 0 aliphatic heterocycles. The Hall–Kier alpha value is -2.15. The van der Waals surface area contributed by atoms with Gasteiger partial charge in [-0.3, -0.25) is 14.9 Å². The molecule has 0 fully saturated rings. The number of halogens is 2. The van der Waals surface area contributed by atoms with E-state index in [0.717, 1.165) is 0 Å². The summed E-state index contributed by atoms with van der Waals surface area (Å²) in [6, 6.07) is 11.4. The topological polar surface area (TPSA) is 81.5 Å². The molecule has 0 radical (unpaired) electrons. The van der Waals surface area contributed by atoms with E-state index in [2.05, 4.69) is 10.1 Å². The first-order valence-electron chi connectivity index (χ1n) is 7.39. The van der Waals surface area contributed by atoms with Crippen molar-refractivity contribution in [3.05, 3.63) is 73.8 Å². The van der Waals surface area contributed by atoms with Gasteiger partial charge in [0.05, 0.1) is 18.6 Å². The number of rotatable bonds is 7. The number of nitrogens with zero attached hydrogens (tertiary/aromatic N) is 1. The van der Waals surface area contributed by atoms with Crippen LogP contribution in [-0.2, 0) is 9.53 Å². The first kappa shape index (κ1) is 19.2. The van der Waals surface area contributed by atoms with Crippen molar-refractivity contribution in [3.63, 3.8) is 0 Å². The van der Waals surface area contributed by atoms with Gasteiger partial charge in [-0.1, -0.05) is 41.4 Å². The molecule has 0 saturated heterocycles. The van der Waals surface area contributed by atoms with Gasteiger partial charge in [-0.2, -0.15) is 0 Å². The molecule has 0 aliphatic carbocycles. The number of hydrogen-bond donors (Lipinski definition) is 1. The highest BCUT2D eigenvalue weighted by molar-refractivity contribution is 6.31. The van der Waals surface area contributed by atoms with Crippen molar-refractivity contribution in [1.82, 2.24) is 5.32 Å². The fraction of sp³-hybridized carbons (Fsp3) is 0.235. The van der Waals surface area contributed by atoms with Gasteiger partial charge in [0.2, 0.25) is 0 Å². The minimum Gasteiger partial charge on any atom is -0.468 e. The van der Waals surface area contributed by atoms with Crippen LogP contribution in [0.25, 0.3) is 0 Å². The minimum absolute atomic E-state index is 0.0220. The standard InChI is InChI=1S/C17H16Cl2N2O4/c1-25-17(22)10-20-9-14(12-4-2-3-5-15(12)19)13-8-11(18)6-7-16(13)21(23)24/h2-8,14,20H,9-10H2,1H3. The summed E-state index contributed by atoms with van der Waals surface area (Å²) >= 11 is 12.3. The van der Waals surface area contributed by atoms with Gasteiger partial charge in [0.15, 0.2) is 0 Å². The maximum atomic E-state index is 11.4. The van der Waals surface area contributed by atoms with E-state index in [0.29, 0.717) is 21.2 Å². The van der Waals surface area contributed by atoms with Gasteiger partial charge in [0.1, 0.15) is 0 Å². The molecule has 0 amide bonds. The Balaban J connectivity index is 2.45. The molecule has 1 atom stereocenters. The van der Waals surface area contributed by atoms with Crippen LogP contribution in [-0.4, -0.2) is 31.1 Å². The molecule has 0 aliphatic rings. The van der Waals surface area contributed by atoms with Crippen LogP contribution in [0.2, 0.25) is 10.0 Å². The molecule has 1 N–H and O–H groups in total. The summed E-state index contributed by atoms with van der Waals surface area (Å²) in [6.45, 7) is 0.228. The maximum Gasteiger partial charge on any atom is 0.319 e. The fourth-order valence-corrected chi connectivity index (χ4v) is 2.95. The minimum atomic E-state index is -0.462. The van der Waals surface area contributed by atoms with E-state index in [1.165, 1.54) is 19.2 Å². The van der Waals surface area contributed by atoms with Gasteiger partial charge in [0.25, 0.3) is 5.69 Å². The molecule has 25 heavy (non-hydrogen) atoms.